The van der Waals surface area contributed by atoms with Crippen molar-refractivity contribution in [2.45, 2.75) is 37.9 Å². The predicted molar refractivity (Wildman–Crippen MR) is 136 cm³/mol. The summed E-state index contributed by atoms with van der Waals surface area (Å²) >= 11 is 0. The van der Waals surface area contributed by atoms with Crippen molar-refractivity contribution in [3.8, 4) is 0 Å². The van der Waals surface area contributed by atoms with Gasteiger partial charge in [0.2, 0.25) is 0 Å². The molecule has 0 bridgehead atoms. The summed E-state index contributed by atoms with van der Waals surface area (Å²) in [6.07, 6.45) is 3.08. The summed E-state index contributed by atoms with van der Waals surface area (Å²) < 4.78 is 48.1. The van der Waals surface area contributed by atoms with Gasteiger partial charge >= 0.3 is 0 Å². The molecule has 2 aromatic heterocycles. The lowest BCUT2D eigenvalue weighted by molar-refractivity contribution is 0.0300. The number of alkyl halides is 1. The third-order valence-corrected chi connectivity index (χ3v) is 7.50. The summed E-state index contributed by atoms with van der Waals surface area (Å²) in [4.78, 5) is 31.2. The van der Waals surface area contributed by atoms with Crippen molar-refractivity contribution in [2.24, 2.45) is 5.92 Å². The average Bonchev–Trinajstić information content (AvgIpc) is 3.76. The van der Waals surface area contributed by atoms with Gasteiger partial charge in [-0.3, -0.25) is 4.79 Å². The van der Waals surface area contributed by atoms with Crippen LogP contribution in [0.4, 0.5) is 24.8 Å². The number of hydrogen-bond donors (Lipinski definition) is 1. The van der Waals surface area contributed by atoms with E-state index in [0.29, 0.717) is 80.9 Å². The molecular weight excluding hydrogens is 497 g/mol. The van der Waals surface area contributed by atoms with E-state index in [1.807, 2.05) is 4.90 Å². The molecule has 1 N–H and O–H groups in total. The van der Waals surface area contributed by atoms with Gasteiger partial charge in [0, 0.05) is 50.0 Å². The van der Waals surface area contributed by atoms with E-state index in [-0.39, 0.29) is 17.2 Å². The van der Waals surface area contributed by atoms with Gasteiger partial charge in [-0.1, -0.05) is 6.07 Å². The van der Waals surface area contributed by atoms with E-state index in [9.17, 15) is 13.6 Å². The zero-order chi connectivity index (χ0) is 26.2. The average molecular weight is 527 g/mol. The maximum atomic E-state index is 15.2. The van der Waals surface area contributed by atoms with Crippen LogP contribution in [0.5, 0.6) is 0 Å². The Hall–Kier alpha value is -3.47. The van der Waals surface area contributed by atoms with Crippen LogP contribution in [0.25, 0.3) is 11.0 Å². The Bertz CT molecular complexity index is 1340. The molecule has 11 heteroatoms. The monoisotopic (exact) mass is 526 g/mol. The molecule has 0 spiro atoms. The molecule has 1 aromatic carbocycles. The van der Waals surface area contributed by atoms with E-state index in [0.717, 1.165) is 25.0 Å². The maximum absolute atomic E-state index is 15.2. The first-order chi connectivity index (χ1) is 18.5. The summed E-state index contributed by atoms with van der Waals surface area (Å²) in [5.41, 5.74) is 1.15. The van der Waals surface area contributed by atoms with Gasteiger partial charge in [-0.25, -0.2) is 28.1 Å². The third-order valence-electron chi connectivity index (χ3n) is 7.50. The van der Waals surface area contributed by atoms with Gasteiger partial charge in [0.15, 0.2) is 17.3 Å². The first-order valence-electron chi connectivity index (χ1n) is 13.1. The molecule has 0 unspecified atom stereocenters. The molecule has 6 rings (SSSR count). The second-order valence-corrected chi connectivity index (χ2v) is 10.1. The standard InChI is InChI=1S/C27H29F3N6O2/c28-17-1-4-19(20(29)15-17)22(30)16-6-9-35(10-7-16)26-25(32-18-2-3-18)33-21-5-8-31-24(23(21)34-26)27(37)36-11-13-38-14-12-36/h1,4-5,8,15-16,18,22H,2-3,6-7,9-14H2,(H,32,33)/t22-/m1/s1. The summed E-state index contributed by atoms with van der Waals surface area (Å²) in [5, 5.41) is 3.45. The van der Waals surface area contributed by atoms with Gasteiger partial charge in [-0.2, -0.15) is 0 Å². The third kappa shape index (κ3) is 4.99. The number of anilines is 2. The molecule has 2 aliphatic heterocycles. The van der Waals surface area contributed by atoms with Gasteiger partial charge in [0.05, 0.1) is 18.7 Å². The number of carbonyl (C=O) groups is 1. The lowest BCUT2D eigenvalue weighted by atomic mass is 9.88. The molecule has 3 aromatic rings. The summed E-state index contributed by atoms with van der Waals surface area (Å²) in [7, 11) is 0. The summed E-state index contributed by atoms with van der Waals surface area (Å²) in [6.45, 7) is 2.92. The van der Waals surface area contributed by atoms with Crippen LogP contribution < -0.4 is 10.2 Å². The maximum Gasteiger partial charge on any atom is 0.274 e. The van der Waals surface area contributed by atoms with Crippen molar-refractivity contribution < 1.29 is 22.7 Å². The number of halogens is 3. The first kappa shape index (κ1) is 24.8. The smallest absolute Gasteiger partial charge is 0.274 e. The zero-order valence-corrected chi connectivity index (χ0v) is 20.9. The predicted octanol–water partition coefficient (Wildman–Crippen LogP) is 4.28. The van der Waals surface area contributed by atoms with Gasteiger partial charge in [0.1, 0.15) is 23.3 Å². The molecule has 1 aliphatic carbocycles. The topological polar surface area (TPSA) is 83.5 Å². The van der Waals surface area contributed by atoms with Crippen molar-refractivity contribution in [3.05, 3.63) is 53.4 Å². The zero-order valence-electron chi connectivity index (χ0n) is 20.9. The fraction of sp³-hybridized carbons (Fsp3) is 0.481. The molecule has 3 aliphatic rings. The number of pyridine rings is 1. The molecule has 1 atom stereocenters. The normalized spacial score (nSPS) is 19.6. The first-order valence-corrected chi connectivity index (χ1v) is 13.1. The Labute approximate surface area is 218 Å². The highest BCUT2D eigenvalue weighted by Crippen LogP contribution is 2.38. The van der Waals surface area contributed by atoms with Crippen LogP contribution in [0, 0.1) is 17.6 Å². The molecule has 1 saturated carbocycles. The van der Waals surface area contributed by atoms with Crippen molar-refractivity contribution in [3.63, 3.8) is 0 Å². The van der Waals surface area contributed by atoms with Crippen LogP contribution in [0.1, 0.15) is 47.9 Å². The molecule has 0 radical (unpaired) electrons. The Morgan fingerprint density at radius 1 is 1.03 bits per heavy atom. The fourth-order valence-electron chi connectivity index (χ4n) is 5.17. The number of aromatic nitrogens is 3. The van der Waals surface area contributed by atoms with Gasteiger partial charge < -0.3 is 19.9 Å². The number of hydrogen-bond acceptors (Lipinski definition) is 7. The molecule has 3 fully saturated rings. The Morgan fingerprint density at radius 2 is 1.79 bits per heavy atom. The number of piperidine rings is 1. The second kappa shape index (κ2) is 10.4. The van der Waals surface area contributed by atoms with E-state index in [4.69, 9.17) is 14.7 Å². The minimum Gasteiger partial charge on any atom is -0.378 e. The number of benzene rings is 1. The SMILES string of the molecule is O=C(c1nccc2nc(NC3CC3)c(N3CCC([C@@H](F)c4ccc(F)cc4F)CC3)nc12)N1CCOCC1. The van der Waals surface area contributed by atoms with Crippen molar-refractivity contribution in [2.75, 3.05) is 49.6 Å². The van der Waals surface area contributed by atoms with Crippen LogP contribution in [0.3, 0.4) is 0 Å². The van der Waals surface area contributed by atoms with E-state index in [1.165, 1.54) is 6.07 Å². The minimum absolute atomic E-state index is 0.108. The molecule has 200 valence electrons. The summed E-state index contributed by atoms with van der Waals surface area (Å²) in [6, 6.07) is 5.07. The van der Waals surface area contributed by atoms with Crippen molar-refractivity contribution >= 4 is 28.6 Å². The number of ether oxygens (including phenoxy) is 1. The van der Waals surface area contributed by atoms with Crippen LogP contribution in [0.15, 0.2) is 30.5 Å². The molecule has 4 heterocycles. The lowest BCUT2D eigenvalue weighted by Gasteiger charge is -2.35. The van der Waals surface area contributed by atoms with Gasteiger partial charge in [-0.15, -0.1) is 0 Å². The molecule has 1 amide bonds. The lowest BCUT2D eigenvalue weighted by Crippen LogP contribution is -2.41. The number of nitrogens with one attached hydrogen (secondary N) is 1. The van der Waals surface area contributed by atoms with Gasteiger partial charge in [0.25, 0.3) is 5.91 Å². The fourth-order valence-corrected chi connectivity index (χ4v) is 5.17. The molecular formula is C27H29F3N6O2. The number of rotatable bonds is 6. The number of morpholine rings is 1. The van der Waals surface area contributed by atoms with Crippen LogP contribution in [-0.2, 0) is 4.74 Å². The largest absolute Gasteiger partial charge is 0.378 e. The van der Waals surface area contributed by atoms with Crippen LogP contribution >= 0.6 is 0 Å². The quantitative estimate of drug-likeness (QED) is 0.514. The molecule has 8 nitrogen and oxygen atoms in total. The minimum atomic E-state index is -1.52. The highest BCUT2D eigenvalue weighted by Gasteiger charge is 2.33. The van der Waals surface area contributed by atoms with Crippen molar-refractivity contribution in [1.82, 2.24) is 19.9 Å². The second-order valence-electron chi connectivity index (χ2n) is 10.1. The van der Waals surface area contributed by atoms with E-state index in [2.05, 4.69) is 10.3 Å². The summed E-state index contributed by atoms with van der Waals surface area (Å²) in [5.74, 6) is -0.950. The Morgan fingerprint density at radius 3 is 2.50 bits per heavy atom. The number of amides is 1. The Balaban J connectivity index is 1.27. The number of nitrogens with zero attached hydrogens (tertiary/aromatic N) is 5. The Kier molecular flexibility index (Phi) is 6.77. The highest BCUT2D eigenvalue weighted by molar-refractivity contribution is 6.03. The molecule has 38 heavy (non-hydrogen) atoms. The van der Waals surface area contributed by atoms with E-state index < -0.39 is 23.7 Å². The van der Waals surface area contributed by atoms with Gasteiger partial charge in [-0.05, 0) is 43.7 Å². The van der Waals surface area contributed by atoms with E-state index >= 15 is 4.39 Å². The highest BCUT2D eigenvalue weighted by atomic mass is 19.1. The van der Waals surface area contributed by atoms with Crippen LogP contribution in [-0.4, -0.2) is 71.2 Å². The van der Waals surface area contributed by atoms with Crippen LogP contribution in [0.2, 0.25) is 0 Å². The molecule has 2 saturated heterocycles. The number of carbonyl (C=O) groups excluding carboxylic acids is 1. The van der Waals surface area contributed by atoms with Crippen molar-refractivity contribution in [1.29, 1.82) is 0 Å². The van der Waals surface area contributed by atoms with E-state index in [1.54, 1.807) is 17.2 Å². The number of fused-ring (bicyclic) bond motifs is 1.